The Bertz CT molecular complexity index is 547. The first-order valence-corrected chi connectivity index (χ1v) is 8.59. The van der Waals surface area contributed by atoms with E-state index in [1.807, 2.05) is 0 Å². The van der Waals surface area contributed by atoms with Crippen molar-refractivity contribution in [3.05, 3.63) is 29.2 Å². The van der Waals surface area contributed by atoms with E-state index in [1.165, 1.54) is 23.6 Å². The highest BCUT2D eigenvalue weighted by atomic mass is 32.2. The second kappa shape index (κ2) is 7.94. The summed E-state index contributed by atoms with van der Waals surface area (Å²) in [7, 11) is -3.21. The summed E-state index contributed by atoms with van der Waals surface area (Å²) in [5.74, 6) is -0.331. The number of sulfone groups is 1. The van der Waals surface area contributed by atoms with E-state index < -0.39 is 9.84 Å². The molecule has 112 valence electrons. The highest BCUT2D eigenvalue weighted by Crippen LogP contribution is 2.25. The molecule has 0 atom stereocenters. The fraction of sp³-hybridized carbons (Fsp3) is 0.467. The minimum Gasteiger partial charge on any atom is -0.504 e. The number of phenolic OH excluding ortho intramolecular Hbond substituents is 2. The van der Waals surface area contributed by atoms with Crippen LogP contribution in [0, 0.1) is 0 Å². The molecule has 0 saturated carbocycles. The van der Waals surface area contributed by atoms with Gasteiger partial charge >= 0.3 is 0 Å². The third-order valence-corrected chi connectivity index (χ3v) is 4.41. The van der Waals surface area contributed by atoms with Crippen LogP contribution in [0.4, 0.5) is 0 Å². The summed E-state index contributed by atoms with van der Waals surface area (Å²) in [5, 5.41) is 19.7. The van der Waals surface area contributed by atoms with Crippen molar-refractivity contribution in [1.29, 1.82) is 0 Å². The molecule has 1 aromatic carbocycles. The molecule has 0 aromatic heterocycles. The van der Waals surface area contributed by atoms with Gasteiger partial charge in [-0.1, -0.05) is 38.7 Å². The number of phenols is 2. The Kier molecular flexibility index (Phi) is 6.58. The van der Waals surface area contributed by atoms with Crippen LogP contribution in [0.15, 0.2) is 23.6 Å². The number of benzene rings is 1. The summed E-state index contributed by atoms with van der Waals surface area (Å²) in [5.41, 5.74) is 0.537. The highest BCUT2D eigenvalue weighted by Gasteiger charge is 2.06. The van der Waals surface area contributed by atoms with Crippen molar-refractivity contribution >= 4 is 15.9 Å². The number of rotatable bonds is 8. The predicted octanol–water partition coefficient (Wildman–Crippen LogP) is 3.45. The molecule has 1 rings (SSSR count). The van der Waals surface area contributed by atoms with Crippen LogP contribution in [-0.2, 0) is 9.84 Å². The van der Waals surface area contributed by atoms with Gasteiger partial charge in [0, 0.05) is 5.41 Å². The van der Waals surface area contributed by atoms with Gasteiger partial charge in [-0.25, -0.2) is 8.42 Å². The van der Waals surface area contributed by atoms with Gasteiger partial charge in [-0.2, -0.15) is 0 Å². The van der Waals surface area contributed by atoms with Crippen LogP contribution in [0.5, 0.6) is 11.5 Å². The lowest BCUT2D eigenvalue weighted by atomic mass is 10.2. The number of unbranched alkanes of at least 4 members (excludes halogenated alkanes) is 4. The number of hydrogen-bond acceptors (Lipinski definition) is 4. The van der Waals surface area contributed by atoms with Crippen LogP contribution in [0.1, 0.15) is 44.6 Å². The molecule has 0 bridgehead atoms. The minimum absolute atomic E-state index is 0.150. The van der Waals surface area contributed by atoms with E-state index in [4.69, 9.17) is 5.11 Å². The van der Waals surface area contributed by atoms with Crippen LogP contribution < -0.4 is 0 Å². The molecule has 0 aliphatic heterocycles. The first kappa shape index (κ1) is 16.6. The summed E-state index contributed by atoms with van der Waals surface area (Å²) in [4.78, 5) is 0. The molecule has 20 heavy (non-hydrogen) atoms. The SMILES string of the molecule is CCCCCCCS(=O)(=O)/C=C/c1ccc(O)c(O)c1. The van der Waals surface area contributed by atoms with Gasteiger partial charge in [-0.15, -0.1) is 0 Å². The van der Waals surface area contributed by atoms with Crippen molar-refractivity contribution in [2.75, 3.05) is 5.75 Å². The monoisotopic (exact) mass is 298 g/mol. The third-order valence-electron chi connectivity index (χ3n) is 3.00. The van der Waals surface area contributed by atoms with Crippen LogP contribution >= 0.6 is 0 Å². The summed E-state index contributed by atoms with van der Waals surface area (Å²) in [6.45, 7) is 2.12. The van der Waals surface area contributed by atoms with Crippen LogP contribution in [0.3, 0.4) is 0 Å². The van der Waals surface area contributed by atoms with Crippen molar-refractivity contribution < 1.29 is 18.6 Å². The van der Waals surface area contributed by atoms with Crippen molar-refractivity contribution in [2.24, 2.45) is 0 Å². The molecule has 0 unspecified atom stereocenters. The van der Waals surface area contributed by atoms with E-state index in [1.54, 1.807) is 6.07 Å². The van der Waals surface area contributed by atoms with Crippen LogP contribution in [0.2, 0.25) is 0 Å². The molecular formula is C15H22O4S. The molecular weight excluding hydrogens is 276 g/mol. The second-order valence-corrected chi connectivity index (χ2v) is 6.84. The van der Waals surface area contributed by atoms with Gasteiger partial charge in [-0.3, -0.25) is 0 Å². The molecule has 0 spiro atoms. The van der Waals surface area contributed by atoms with Gasteiger partial charge in [-0.05, 0) is 30.2 Å². The van der Waals surface area contributed by atoms with Crippen molar-refractivity contribution in [3.63, 3.8) is 0 Å². The van der Waals surface area contributed by atoms with Gasteiger partial charge in [0.25, 0.3) is 0 Å². The summed E-state index contributed by atoms with van der Waals surface area (Å²) < 4.78 is 23.6. The maximum absolute atomic E-state index is 11.8. The normalized spacial score (nSPS) is 12.1. The molecule has 4 nitrogen and oxygen atoms in total. The number of aromatic hydroxyl groups is 2. The van der Waals surface area contributed by atoms with Gasteiger partial charge in [0.05, 0.1) is 5.75 Å². The highest BCUT2D eigenvalue weighted by molar-refractivity contribution is 7.94. The quantitative estimate of drug-likeness (QED) is 0.569. The Morgan fingerprint density at radius 1 is 1.05 bits per heavy atom. The van der Waals surface area contributed by atoms with Crippen molar-refractivity contribution in [1.82, 2.24) is 0 Å². The molecule has 0 aliphatic carbocycles. The first-order chi connectivity index (χ1) is 9.44. The Labute approximate surface area is 120 Å². The van der Waals surface area contributed by atoms with Crippen LogP contribution in [0.25, 0.3) is 6.08 Å². The summed E-state index contributed by atoms with van der Waals surface area (Å²) in [6.07, 6.45) is 6.39. The summed E-state index contributed by atoms with van der Waals surface area (Å²) >= 11 is 0. The smallest absolute Gasteiger partial charge is 0.171 e. The van der Waals surface area contributed by atoms with E-state index in [9.17, 15) is 13.5 Å². The van der Waals surface area contributed by atoms with Gasteiger partial charge in [0.2, 0.25) is 0 Å². The molecule has 0 fully saturated rings. The lowest BCUT2D eigenvalue weighted by molar-refractivity contribution is 0.403. The van der Waals surface area contributed by atoms with E-state index in [0.717, 1.165) is 25.7 Å². The minimum atomic E-state index is -3.21. The largest absolute Gasteiger partial charge is 0.504 e. The zero-order valence-corrected chi connectivity index (χ0v) is 12.6. The lowest BCUT2D eigenvalue weighted by Crippen LogP contribution is -2.01. The Hall–Kier alpha value is -1.49. The Morgan fingerprint density at radius 3 is 2.40 bits per heavy atom. The zero-order valence-electron chi connectivity index (χ0n) is 11.7. The van der Waals surface area contributed by atoms with E-state index in [0.29, 0.717) is 12.0 Å². The average Bonchev–Trinajstić information content (AvgIpc) is 2.40. The topological polar surface area (TPSA) is 74.6 Å². The fourth-order valence-electron chi connectivity index (χ4n) is 1.80. The Morgan fingerprint density at radius 2 is 1.75 bits per heavy atom. The average molecular weight is 298 g/mol. The third kappa shape index (κ3) is 6.10. The maximum atomic E-state index is 11.8. The standard InChI is InChI=1S/C15H22O4S/c1-2-3-4-5-6-10-20(18,19)11-9-13-7-8-14(16)15(17)12-13/h7-9,11-12,16-17H,2-6,10H2,1H3/b11-9+. The first-order valence-electron chi connectivity index (χ1n) is 6.87. The summed E-state index contributed by atoms with van der Waals surface area (Å²) in [6, 6.07) is 4.19. The van der Waals surface area contributed by atoms with Gasteiger partial charge in [0.15, 0.2) is 21.3 Å². The lowest BCUT2D eigenvalue weighted by Gasteiger charge is -2.01. The van der Waals surface area contributed by atoms with Gasteiger partial charge < -0.3 is 10.2 Å². The molecule has 0 heterocycles. The van der Waals surface area contributed by atoms with Gasteiger partial charge in [0.1, 0.15) is 0 Å². The van der Waals surface area contributed by atoms with E-state index in [-0.39, 0.29) is 17.3 Å². The molecule has 1 aromatic rings. The van der Waals surface area contributed by atoms with E-state index >= 15 is 0 Å². The molecule has 0 aliphatic rings. The molecule has 0 saturated heterocycles. The molecule has 5 heteroatoms. The van der Waals surface area contributed by atoms with Crippen molar-refractivity contribution in [3.8, 4) is 11.5 Å². The molecule has 0 radical (unpaired) electrons. The number of hydrogen-bond donors (Lipinski definition) is 2. The fourth-order valence-corrected chi connectivity index (χ4v) is 2.91. The maximum Gasteiger partial charge on any atom is 0.171 e. The van der Waals surface area contributed by atoms with Crippen LogP contribution in [-0.4, -0.2) is 24.4 Å². The van der Waals surface area contributed by atoms with E-state index in [2.05, 4.69) is 6.92 Å². The van der Waals surface area contributed by atoms with Crippen molar-refractivity contribution in [2.45, 2.75) is 39.0 Å². The predicted molar refractivity (Wildman–Crippen MR) is 81.4 cm³/mol. The second-order valence-electron chi connectivity index (χ2n) is 4.83. The molecule has 2 N–H and O–H groups in total. The zero-order chi connectivity index (χ0) is 15.0. The Balaban J connectivity index is 2.52. The molecule has 0 amide bonds.